The van der Waals surface area contributed by atoms with Gasteiger partial charge in [-0.1, -0.05) is 43.7 Å². The van der Waals surface area contributed by atoms with E-state index in [0.29, 0.717) is 25.3 Å². The fraction of sp³-hybridized carbons (Fsp3) is 0.400. The molecule has 1 amide bonds. The van der Waals surface area contributed by atoms with Crippen LogP contribution in [0.4, 0.5) is 5.69 Å². The lowest BCUT2D eigenvalue weighted by Crippen LogP contribution is -2.68. The van der Waals surface area contributed by atoms with Crippen LogP contribution in [0.25, 0.3) is 6.08 Å². The smallest absolute Gasteiger partial charge is 0.223 e. The SMILES string of the molecule is CCOc1ccc(/C=C/[C@@]23NC(=O)CCN2c2ccc(C)cc2C3(C)C)cc1OC. The number of ether oxygens (including phenoxy) is 2. The van der Waals surface area contributed by atoms with E-state index in [1.165, 1.54) is 16.8 Å². The third-order valence-electron chi connectivity index (χ3n) is 6.39. The van der Waals surface area contributed by atoms with E-state index in [0.717, 1.165) is 11.3 Å². The third-order valence-corrected chi connectivity index (χ3v) is 6.39. The third kappa shape index (κ3) is 3.04. The number of rotatable bonds is 5. The number of hydrogen-bond donors (Lipinski definition) is 1. The maximum absolute atomic E-state index is 12.5. The number of carbonyl (C=O) groups is 1. The minimum atomic E-state index is -0.621. The number of benzene rings is 2. The van der Waals surface area contributed by atoms with Gasteiger partial charge in [0.1, 0.15) is 5.66 Å². The summed E-state index contributed by atoms with van der Waals surface area (Å²) >= 11 is 0. The Kier molecular flexibility index (Phi) is 5.00. The summed E-state index contributed by atoms with van der Waals surface area (Å²) in [6, 6.07) is 12.5. The van der Waals surface area contributed by atoms with Crippen molar-refractivity contribution in [3.63, 3.8) is 0 Å². The number of methoxy groups -OCH3 is 1. The summed E-state index contributed by atoms with van der Waals surface area (Å²) < 4.78 is 11.1. The molecule has 0 bridgehead atoms. The second-order valence-corrected chi connectivity index (χ2v) is 8.54. The van der Waals surface area contributed by atoms with Gasteiger partial charge >= 0.3 is 0 Å². The Balaban J connectivity index is 1.78. The molecule has 0 unspecified atom stereocenters. The zero-order valence-electron chi connectivity index (χ0n) is 18.4. The quantitative estimate of drug-likeness (QED) is 0.798. The van der Waals surface area contributed by atoms with Crippen LogP contribution in [0.15, 0.2) is 42.5 Å². The molecule has 1 atom stereocenters. The number of hydrogen-bond acceptors (Lipinski definition) is 4. The Hall–Kier alpha value is -2.95. The van der Waals surface area contributed by atoms with Gasteiger partial charge in [0.2, 0.25) is 5.91 Å². The van der Waals surface area contributed by atoms with Crippen LogP contribution in [-0.2, 0) is 10.2 Å². The number of fused-ring (bicyclic) bond motifs is 3. The molecule has 0 spiro atoms. The average Bonchev–Trinajstić information content (AvgIpc) is 2.91. The van der Waals surface area contributed by atoms with E-state index < -0.39 is 5.66 Å². The highest BCUT2D eigenvalue weighted by Gasteiger charge is 2.57. The van der Waals surface area contributed by atoms with Gasteiger partial charge in [-0.3, -0.25) is 4.79 Å². The van der Waals surface area contributed by atoms with Gasteiger partial charge in [-0.15, -0.1) is 0 Å². The molecule has 2 aliphatic rings. The molecule has 0 radical (unpaired) electrons. The molecule has 2 aromatic rings. The van der Waals surface area contributed by atoms with Crippen molar-refractivity contribution in [1.29, 1.82) is 0 Å². The summed E-state index contributed by atoms with van der Waals surface area (Å²) in [4.78, 5) is 14.9. The van der Waals surface area contributed by atoms with Crippen molar-refractivity contribution in [1.82, 2.24) is 5.32 Å². The largest absolute Gasteiger partial charge is 0.493 e. The Bertz CT molecular complexity index is 1010. The second kappa shape index (κ2) is 7.38. The molecule has 5 heteroatoms. The zero-order chi connectivity index (χ0) is 21.5. The average molecular weight is 407 g/mol. The molecule has 2 aromatic carbocycles. The standard InChI is InChI=1S/C25H30N2O3/c1-6-30-21-10-8-18(16-22(21)29-5)11-13-25-24(3,4)19-15-17(2)7-9-20(19)27(25)14-12-23(28)26-25/h7-11,13,15-16H,6,12,14H2,1-5H3,(H,26,28)/b13-11+/t25-/m1/s1. The monoisotopic (exact) mass is 406 g/mol. The molecule has 158 valence electrons. The van der Waals surface area contributed by atoms with Crippen molar-refractivity contribution >= 4 is 17.7 Å². The van der Waals surface area contributed by atoms with Crippen molar-refractivity contribution in [2.75, 3.05) is 25.2 Å². The second-order valence-electron chi connectivity index (χ2n) is 8.54. The molecule has 2 heterocycles. The van der Waals surface area contributed by atoms with Crippen molar-refractivity contribution < 1.29 is 14.3 Å². The lowest BCUT2D eigenvalue weighted by molar-refractivity contribution is -0.124. The van der Waals surface area contributed by atoms with E-state index >= 15 is 0 Å². The zero-order valence-corrected chi connectivity index (χ0v) is 18.4. The fourth-order valence-electron chi connectivity index (χ4n) is 4.75. The number of carbonyl (C=O) groups excluding carboxylic acids is 1. The molecule has 1 saturated heterocycles. The van der Waals surface area contributed by atoms with E-state index in [9.17, 15) is 4.79 Å². The molecule has 0 saturated carbocycles. The Morgan fingerprint density at radius 1 is 1.17 bits per heavy atom. The first-order valence-corrected chi connectivity index (χ1v) is 10.5. The first-order chi connectivity index (χ1) is 14.3. The first kappa shape index (κ1) is 20.3. The number of aryl methyl sites for hydroxylation is 1. The van der Waals surface area contributed by atoms with Gasteiger partial charge in [0.25, 0.3) is 0 Å². The number of amides is 1. The molecular formula is C25H30N2O3. The fourth-order valence-corrected chi connectivity index (χ4v) is 4.75. The minimum Gasteiger partial charge on any atom is -0.493 e. The Morgan fingerprint density at radius 3 is 2.70 bits per heavy atom. The van der Waals surface area contributed by atoms with Crippen LogP contribution in [0.2, 0.25) is 0 Å². The summed E-state index contributed by atoms with van der Waals surface area (Å²) in [6.07, 6.45) is 4.70. The van der Waals surface area contributed by atoms with Gasteiger partial charge < -0.3 is 19.7 Å². The van der Waals surface area contributed by atoms with E-state index in [1.54, 1.807) is 7.11 Å². The molecule has 30 heavy (non-hydrogen) atoms. The van der Waals surface area contributed by atoms with Crippen molar-refractivity contribution in [2.45, 2.75) is 45.2 Å². The van der Waals surface area contributed by atoms with E-state index in [4.69, 9.17) is 9.47 Å². The van der Waals surface area contributed by atoms with Gasteiger partial charge in [0.15, 0.2) is 11.5 Å². The molecule has 4 rings (SSSR count). The normalized spacial score (nSPS) is 21.9. The van der Waals surface area contributed by atoms with Crippen LogP contribution >= 0.6 is 0 Å². The van der Waals surface area contributed by atoms with Crippen molar-refractivity contribution in [3.05, 3.63) is 59.2 Å². The molecule has 0 aliphatic carbocycles. The molecule has 1 N–H and O–H groups in total. The van der Waals surface area contributed by atoms with Gasteiger partial charge in [-0.2, -0.15) is 0 Å². The van der Waals surface area contributed by atoms with Crippen LogP contribution in [0.5, 0.6) is 11.5 Å². The van der Waals surface area contributed by atoms with Crippen LogP contribution < -0.4 is 19.7 Å². The van der Waals surface area contributed by atoms with Crippen molar-refractivity contribution in [3.8, 4) is 11.5 Å². The van der Waals surface area contributed by atoms with Gasteiger partial charge in [0, 0.05) is 24.1 Å². The van der Waals surface area contributed by atoms with Gasteiger partial charge in [-0.05, 0) is 49.2 Å². The van der Waals surface area contributed by atoms with Crippen LogP contribution in [-0.4, -0.2) is 31.8 Å². The number of nitrogens with zero attached hydrogens (tertiary/aromatic N) is 1. The summed E-state index contributed by atoms with van der Waals surface area (Å²) in [5, 5.41) is 3.32. The topological polar surface area (TPSA) is 50.8 Å². The van der Waals surface area contributed by atoms with E-state index in [2.05, 4.69) is 61.3 Å². The predicted octanol–water partition coefficient (Wildman–Crippen LogP) is 4.43. The van der Waals surface area contributed by atoms with Gasteiger partial charge in [-0.25, -0.2) is 0 Å². The molecule has 5 nitrogen and oxygen atoms in total. The summed E-state index contributed by atoms with van der Waals surface area (Å²) in [5.41, 5.74) is 3.76. The highest BCUT2D eigenvalue weighted by atomic mass is 16.5. The predicted molar refractivity (Wildman–Crippen MR) is 120 cm³/mol. The van der Waals surface area contributed by atoms with E-state index in [1.807, 2.05) is 25.1 Å². The maximum atomic E-state index is 12.5. The Morgan fingerprint density at radius 2 is 1.97 bits per heavy atom. The molecule has 1 fully saturated rings. The summed E-state index contributed by atoms with van der Waals surface area (Å²) in [7, 11) is 1.65. The summed E-state index contributed by atoms with van der Waals surface area (Å²) in [5.74, 6) is 1.51. The van der Waals surface area contributed by atoms with Gasteiger partial charge in [0.05, 0.1) is 13.7 Å². The molecule has 2 aliphatic heterocycles. The van der Waals surface area contributed by atoms with Crippen LogP contribution in [0.1, 0.15) is 43.9 Å². The highest BCUT2D eigenvalue weighted by molar-refractivity contribution is 5.84. The van der Waals surface area contributed by atoms with Crippen LogP contribution in [0.3, 0.4) is 0 Å². The number of nitrogens with one attached hydrogen (secondary N) is 1. The number of anilines is 1. The molecule has 0 aromatic heterocycles. The molecular weight excluding hydrogens is 376 g/mol. The first-order valence-electron chi connectivity index (χ1n) is 10.5. The lowest BCUT2D eigenvalue weighted by Gasteiger charge is -2.49. The Labute approximate surface area is 178 Å². The lowest BCUT2D eigenvalue weighted by atomic mass is 9.74. The highest BCUT2D eigenvalue weighted by Crippen LogP contribution is 2.52. The van der Waals surface area contributed by atoms with Crippen molar-refractivity contribution in [2.24, 2.45) is 0 Å². The summed E-state index contributed by atoms with van der Waals surface area (Å²) in [6.45, 7) is 9.76. The van der Waals surface area contributed by atoms with Crippen LogP contribution in [0, 0.1) is 6.92 Å². The van der Waals surface area contributed by atoms with E-state index in [-0.39, 0.29) is 11.3 Å². The minimum absolute atomic E-state index is 0.0813. The maximum Gasteiger partial charge on any atom is 0.223 e.